The van der Waals surface area contributed by atoms with E-state index in [1.54, 1.807) is 18.2 Å². The fourth-order valence-corrected chi connectivity index (χ4v) is 5.61. The van der Waals surface area contributed by atoms with E-state index in [1.165, 1.54) is 37.5 Å². The molecule has 0 heterocycles. The maximum atomic E-state index is 15.1. The summed E-state index contributed by atoms with van der Waals surface area (Å²) < 4.78 is 39.8. The van der Waals surface area contributed by atoms with E-state index in [-0.39, 0.29) is 23.8 Å². The molecule has 0 radical (unpaired) electrons. The zero-order valence-electron chi connectivity index (χ0n) is 19.6. The van der Waals surface area contributed by atoms with Crippen molar-refractivity contribution in [2.45, 2.75) is 51.4 Å². The molecule has 5 heteroatoms. The normalized spacial score (nSPS) is 24.4. The number of hydrogen-bond acceptors (Lipinski definition) is 3. The van der Waals surface area contributed by atoms with Gasteiger partial charge in [0, 0.05) is 6.07 Å². The summed E-state index contributed by atoms with van der Waals surface area (Å²) in [5.41, 5.74) is 0.730. The largest absolute Gasteiger partial charge is 0.489 e. The summed E-state index contributed by atoms with van der Waals surface area (Å²) in [4.78, 5) is 12.5. The second-order valence-electron chi connectivity index (χ2n) is 9.45. The van der Waals surface area contributed by atoms with Crippen molar-refractivity contribution >= 4 is 5.97 Å². The Labute approximate surface area is 200 Å². The molecule has 4 rings (SSSR count). The molecule has 2 aliphatic carbocycles. The molecule has 0 aromatic heterocycles. The van der Waals surface area contributed by atoms with Crippen LogP contribution in [0.3, 0.4) is 0 Å². The van der Waals surface area contributed by atoms with Crippen LogP contribution in [-0.2, 0) is 0 Å². The van der Waals surface area contributed by atoms with Crippen LogP contribution in [-0.4, -0.2) is 12.6 Å². The van der Waals surface area contributed by atoms with E-state index in [4.69, 9.17) is 9.47 Å². The zero-order valence-corrected chi connectivity index (χ0v) is 19.6. The van der Waals surface area contributed by atoms with E-state index >= 15 is 4.39 Å². The number of ether oxygens (including phenoxy) is 2. The Morgan fingerprint density at radius 1 is 1.03 bits per heavy atom. The first-order valence-corrected chi connectivity index (χ1v) is 12.2. The Balaban J connectivity index is 1.39. The van der Waals surface area contributed by atoms with Crippen molar-refractivity contribution in [2.24, 2.45) is 17.8 Å². The Morgan fingerprint density at radius 3 is 2.56 bits per heavy atom. The standard InChI is InChI=1S/C29H32F2O3/c1-3-5-19-6-7-21-16-22(9-8-20(21)15-19)25-12-10-23(17-26(25)30)29(32)34-28-13-11-24(18-27(28)31)33-14-4-2/h3-5,10-13,17-22H,2,6-9,14-16H2,1H3/b5-3+. The van der Waals surface area contributed by atoms with Gasteiger partial charge in [-0.3, -0.25) is 0 Å². The number of allylic oxidation sites excluding steroid dienone is 2. The molecule has 4 unspecified atom stereocenters. The third kappa shape index (κ3) is 5.57. The van der Waals surface area contributed by atoms with Gasteiger partial charge >= 0.3 is 5.97 Å². The molecule has 0 spiro atoms. The number of halogens is 2. The molecule has 2 aliphatic rings. The molecule has 0 N–H and O–H groups in total. The molecule has 0 aliphatic heterocycles. The lowest BCUT2D eigenvalue weighted by Gasteiger charge is -2.41. The molecule has 3 nitrogen and oxygen atoms in total. The number of carbonyl (C=O) groups is 1. The molecule has 2 saturated carbocycles. The van der Waals surface area contributed by atoms with E-state index in [2.05, 4.69) is 25.7 Å². The third-order valence-electron chi connectivity index (χ3n) is 7.27. The molecule has 2 fully saturated rings. The van der Waals surface area contributed by atoms with Crippen molar-refractivity contribution < 1.29 is 23.0 Å². The molecule has 34 heavy (non-hydrogen) atoms. The first-order valence-electron chi connectivity index (χ1n) is 12.2. The van der Waals surface area contributed by atoms with Crippen LogP contribution in [0.5, 0.6) is 11.5 Å². The molecular weight excluding hydrogens is 434 g/mol. The van der Waals surface area contributed by atoms with Crippen molar-refractivity contribution in [3.05, 3.63) is 84.0 Å². The molecular formula is C29H32F2O3. The third-order valence-corrected chi connectivity index (χ3v) is 7.27. The van der Waals surface area contributed by atoms with Crippen LogP contribution in [0, 0.1) is 29.4 Å². The average Bonchev–Trinajstić information content (AvgIpc) is 2.84. The second kappa shape index (κ2) is 11.0. The predicted octanol–water partition coefficient (Wildman–Crippen LogP) is 7.62. The van der Waals surface area contributed by atoms with Crippen molar-refractivity contribution in [1.29, 1.82) is 0 Å². The number of fused-ring (bicyclic) bond motifs is 1. The van der Waals surface area contributed by atoms with E-state index in [0.29, 0.717) is 23.1 Å². The van der Waals surface area contributed by atoms with Gasteiger partial charge in [-0.1, -0.05) is 30.9 Å². The number of carbonyl (C=O) groups excluding carboxylic acids is 1. The van der Waals surface area contributed by atoms with Crippen molar-refractivity contribution in [2.75, 3.05) is 6.61 Å². The highest BCUT2D eigenvalue weighted by Gasteiger charge is 2.36. The molecule has 0 saturated heterocycles. The summed E-state index contributed by atoms with van der Waals surface area (Å²) >= 11 is 0. The van der Waals surface area contributed by atoms with Gasteiger partial charge < -0.3 is 9.47 Å². The van der Waals surface area contributed by atoms with Gasteiger partial charge in [0.1, 0.15) is 18.2 Å². The molecule has 2 aromatic carbocycles. The highest BCUT2D eigenvalue weighted by Crippen LogP contribution is 2.48. The van der Waals surface area contributed by atoms with Crippen LogP contribution < -0.4 is 9.47 Å². The van der Waals surface area contributed by atoms with Gasteiger partial charge in [-0.25, -0.2) is 13.6 Å². The fourth-order valence-electron chi connectivity index (χ4n) is 5.61. The summed E-state index contributed by atoms with van der Waals surface area (Å²) in [7, 11) is 0. The number of hydrogen-bond donors (Lipinski definition) is 0. The summed E-state index contributed by atoms with van der Waals surface area (Å²) in [6.07, 6.45) is 12.8. The van der Waals surface area contributed by atoms with Gasteiger partial charge in [0.25, 0.3) is 0 Å². The highest BCUT2D eigenvalue weighted by molar-refractivity contribution is 5.91. The Morgan fingerprint density at radius 2 is 1.82 bits per heavy atom. The van der Waals surface area contributed by atoms with Crippen molar-refractivity contribution in [3.63, 3.8) is 0 Å². The van der Waals surface area contributed by atoms with Gasteiger partial charge in [-0.2, -0.15) is 0 Å². The van der Waals surface area contributed by atoms with Gasteiger partial charge in [0.15, 0.2) is 11.6 Å². The van der Waals surface area contributed by atoms with Crippen LogP contribution in [0.25, 0.3) is 0 Å². The van der Waals surface area contributed by atoms with Gasteiger partial charge in [-0.05, 0) is 98.9 Å². The SMILES string of the molecule is C=CCOc1ccc(OC(=O)c2ccc(C3CCC4CC(/C=C/C)CCC4C3)c(F)c2)c(F)c1. The summed E-state index contributed by atoms with van der Waals surface area (Å²) in [6.45, 7) is 5.86. The lowest BCUT2D eigenvalue weighted by molar-refractivity contribution is 0.0727. The average molecular weight is 467 g/mol. The number of esters is 1. The first-order chi connectivity index (χ1) is 16.5. The topological polar surface area (TPSA) is 35.5 Å². The van der Waals surface area contributed by atoms with Gasteiger partial charge in [0.2, 0.25) is 0 Å². The summed E-state index contributed by atoms with van der Waals surface area (Å²) in [5, 5.41) is 0. The van der Waals surface area contributed by atoms with Crippen LogP contribution in [0.4, 0.5) is 8.78 Å². The smallest absolute Gasteiger partial charge is 0.343 e. The lowest BCUT2D eigenvalue weighted by atomic mass is 9.64. The monoisotopic (exact) mass is 466 g/mol. The maximum absolute atomic E-state index is 15.1. The Hall–Kier alpha value is -2.95. The Kier molecular flexibility index (Phi) is 7.81. The fraction of sp³-hybridized carbons (Fsp3) is 0.414. The lowest BCUT2D eigenvalue weighted by Crippen LogP contribution is -2.30. The van der Waals surface area contributed by atoms with Crippen LogP contribution in [0.15, 0.2) is 61.2 Å². The van der Waals surface area contributed by atoms with E-state index in [9.17, 15) is 9.18 Å². The first kappa shape index (κ1) is 24.2. The van der Waals surface area contributed by atoms with E-state index in [1.807, 2.05) is 0 Å². The number of rotatable bonds is 7. The zero-order chi connectivity index (χ0) is 24.1. The van der Waals surface area contributed by atoms with E-state index in [0.717, 1.165) is 31.2 Å². The molecule has 2 aromatic rings. The predicted molar refractivity (Wildman–Crippen MR) is 129 cm³/mol. The molecule has 180 valence electrons. The van der Waals surface area contributed by atoms with Crippen LogP contribution in [0.1, 0.15) is 67.3 Å². The number of benzene rings is 2. The summed E-state index contributed by atoms with van der Waals surface area (Å²) in [6, 6.07) is 8.45. The molecule has 0 amide bonds. The molecule has 4 atom stereocenters. The van der Waals surface area contributed by atoms with Gasteiger partial charge in [0.05, 0.1) is 5.56 Å². The second-order valence-corrected chi connectivity index (χ2v) is 9.45. The maximum Gasteiger partial charge on any atom is 0.343 e. The summed E-state index contributed by atoms with van der Waals surface area (Å²) in [5.74, 6) is 0.385. The minimum Gasteiger partial charge on any atom is -0.489 e. The molecule has 0 bridgehead atoms. The Bertz CT molecular complexity index is 1060. The van der Waals surface area contributed by atoms with E-state index < -0.39 is 17.6 Å². The minimum atomic E-state index is -0.796. The highest BCUT2D eigenvalue weighted by atomic mass is 19.1. The quantitative estimate of drug-likeness (QED) is 0.239. The van der Waals surface area contributed by atoms with Crippen molar-refractivity contribution in [1.82, 2.24) is 0 Å². The van der Waals surface area contributed by atoms with Crippen LogP contribution in [0.2, 0.25) is 0 Å². The minimum absolute atomic E-state index is 0.0631. The van der Waals surface area contributed by atoms with Crippen molar-refractivity contribution in [3.8, 4) is 11.5 Å². The van der Waals surface area contributed by atoms with Gasteiger partial charge in [-0.15, -0.1) is 0 Å². The van der Waals surface area contributed by atoms with Crippen LogP contribution >= 0.6 is 0 Å².